The van der Waals surface area contributed by atoms with E-state index in [2.05, 4.69) is 0 Å². The van der Waals surface area contributed by atoms with Crippen molar-refractivity contribution in [3.8, 4) is 0 Å². The predicted octanol–water partition coefficient (Wildman–Crippen LogP) is 4.62. The van der Waals surface area contributed by atoms with Gasteiger partial charge in [0, 0.05) is 11.1 Å². The minimum absolute atomic E-state index is 0.0808. The van der Waals surface area contributed by atoms with Gasteiger partial charge in [0.1, 0.15) is 0 Å². The Morgan fingerprint density at radius 1 is 0.913 bits per heavy atom. The van der Waals surface area contributed by atoms with Crippen LogP contribution in [0.3, 0.4) is 0 Å². The molecule has 2 N–H and O–H groups in total. The molecule has 0 bridgehead atoms. The first-order chi connectivity index (χ1) is 9.84. The van der Waals surface area contributed by atoms with Crippen LogP contribution in [0.2, 0.25) is 0 Å². The van der Waals surface area contributed by atoms with Gasteiger partial charge in [0.15, 0.2) is 0 Å². The van der Waals surface area contributed by atoms with E-state index < -0.39 is 50.4 Å². The highest BCUT2D eigenvalue weighted by atomic mass is 31.2. The van der Waals surface area contributed by atoms with E-state index in [9.17, 15) is 40.7 Å². The summed E-state index contributed by atoms with van der Waals surface area (Å²) < 4.78 is 89.5. The van der Waals surface area contributed by atoms with Crippen molar-refractivity contribution in [3.63, 3.8) is 0 Å². The molecule has 23 heavy (non-hydrogen) atoms. The van der Waals surface area contributed by atoms with Gasteiger partial charge in [0.25, 0.3) is 0 Å². The molecule has 0 unspecified atom stereocenters. The highest BCUT2D eigenvalue weighted by Crippen LogP contribution is 2.57. The SMILES string of the molecule is CCCC(CC(F)(F)F)(CC(F)(F)F)N(C(C)(C)C)P(=O)(O)O. The number of alkyl halides is 6. The van der Waals surface area contributed by atoms with Gasteiger partial charge in [0.2, 0.25) is 0 Å². The Morgan fingerprint density at radius 3 is 1.43 bits per heavy atom. The molecule has 4 nitrogen and oxygen atoms in total. The zero-order chi connectivity index (χ0) is 18.9. The maximum Gasteiger partial charge on any atom is 0.404 e. The first-order valence-electron chi connectivity index (χ1n) is 6.84. The molecule has 0 atom stereocenters. The zero-order valence-corrected chi connectivity index (χ0v) is 14.2. The van der Waals surface area contributed by atoms with Crippen LogP contribution in [0, 0.1) is 0 Å². The van der Waals surface area contributed by atoms with Crippen molar-refractivity contribution in [2.75, 3.05) is 0 Å². The second kappa shape index (κ2) is 6.90. The summed E-state index contributed by atoms with van der Waals surface area (Å²) in [5, 5.41) is 0. The molecule has 0 saturated carbocycles. The third kappa shape index (κ3) is 7.41. The molecule has 0 aliphatic carbocycles. The van der Waals surface area contributed by atoms with Crippen molar-refractivity contribution in [1.29, 1.82) is 0 Å². The van der Waals surface area contributed by atoms with E-state index in [1.807, 2.05) is 0 Å². The van der Waals surface area contributed by atoms with E-state index in [1.54, 1.807) is 0 Å². The average Bonchev–Trinajstić information content (AvgIpc) is 2.04. The molecule has 0 spiro atoms. The molecule has 0 rings (SSSR count). The number of hydrogen-bond acceptors (Lipinski definition) is 1. The summed E-state index contributed by atoms with van der Waals surface area (Å²) in [6.07, 6.45) is -14.7. The van der Waals surface area contributed by atoms with Gasteiger partial charge in [-0.2, -0.15) is 31.0 Å². The maximum atomic E-state index is 12.9. The Labute approximate surface area is 131 Å². The van der Waals surface area contributed by atoms with E-state index in [0.717, 1.165) is 0 Å². The summed E-state index contributed by atoms with van der Waals surface area (Å²) in [6, 6.07) is 0. The lowest BCUT2D eigenvalue weighted by Gasteiger charge is -2.50. The second-order valence-corrected chi connectivity index (χ2v) is 7.98. The van der Waals surface area contributed by atoms with E-state index in [-0.39, 0.29) is 11.1 Å². The van der Waals surface area contributed by atoms with Gasteiger partial charge in [-0.25, -0.2) is 4.57 Å². The Hall–Kier alpha value is -0.310. The Morgan fingerprint density at radius 2 is 1.26 bits per heavy atom. The summed E-state index contributed by atoms with van der Waals surface area (Å²) >= 11 is 0. The van der Waals surface area contributed by atoms with Crippen LogP contribution in [0.4, 0.5) is 26.3 Å². The van der Waals surface area contributed by atoms with Gasteiger partial charge in [0.05, 0.1) is 12.8 Å². The molecule has 0 aromatic heterocycles. The quantitative estimate of drug-likeness (QED) is 0.527. The van der Waals surface area contributed by atoms with Crippen molar-refractivity contribution in [3.05, 3.63) is 0 Å². The Kier molecular flexibility index (Phi) is 6.80. The second-order valence-electron chi connectivity index (χ2n) is 6.55. The molecule has 0 heterocycles. The van der Waals surface area contributed by atoms with Crippen LogP contribution in [0.15, 0.2) is 0 Å². The smallest absolute Gasteiger partial charge is 0.312 e. The van der Waals surface area contributed by atoms with Gasteiger partial charge in [-0.05, 0) is 27.2 Å². The monoisotopic (exact) mass is 373 g/mol. The summed E-state index contributed by atoms with van der Waals surface area (Å²) in [7, 11) is -5.39. The maximum absolute atomic E-state index is 12.9. The third-order valence-electron chi connectivity index (χ3n) is 3.12. The summed E-state index contributed by atoms with van der Waals surface area (Å²) in [5.74, 6) is 0. The largest absolute Gasteiger partial charge is 0.404 e. The van der Waals surface area contributed by atoms with Crippen LogP contribution in [-0.2, 0) is 4.57 Å². The van der Waals surface area contributed by atoms with Crippen LogP contribution in [-0.4, -0.2) is 37.9 Å². The fourth-order valence-corrected chi connectivity index (χ4v) is 4.66. The van der Waals surface area contributed by atoms with Crippen molar-refractivity contribution in [2.24, 2.45) is 0 Å². The van der Waals surface area contributed by atoms with Gasteiger partial charge in [-0.1, -0.05) is 13.3 Å². The van der Waals surface area contributed by atoms with E-state index in [0.29, 0.717) is 0 Å². The van der Waals surface area contributed by atoms with Crippen LogP contribution < -0.4 is 0 Å². The summed E-state index contributed by atoms with van der Waals surface area (Å²) in [4.78, 5) is 18.9. The minimum atomic E-state index is -5.39. The van der Waals surface area contributed by atoms with Gasteiger partial charge >= 0.3 is 20.1 Å². The third-order valence-corrected chi connectivity index (χ3v) is 4.66. The van der Waals surface area contributed by atoms with Gasteiger partial charge in [-0.3, -0.25) is 0 Å². The number of rotatable bonds is 6. The lowest BCUT2D eigenvalue weighted by atomic mass is 9.83. The number of hydrogen-bond donors (Lipinski definition) is 2. The highest BCUT2D eigenvalue weighted by molar-refractivity contribution is 7.49. The standard InChI is InChI=1S/C12H22F6NO3P/c1-5-6-10(7-11(13,14)15,8-12(16,17)18)19(9(2,3)4)23(20,21)22/h5-8H2,1-4H3,(H2,20,21,22). The fourth-order valence-electron chi connectivity index (χ4n) is 3.09. The molecule has 0 saturated heterocycles. The molecule has 0 aromatic rings. The molecule has 0 fully saturated rings. The van der Waals surface area contributed by atoms with Crippen LogP contribution in [0.5, 0.6) is 0 Å². The van der Waals surface area contributed by atoms with Crippen molar-refractivity contribution in [2.45, 2.75) is 76.8 Å². The normalized spacial score (nSPS) is 15.3. The molecule has 0 radical (unpaired) electrons. The van der Waals surface area contributed by atoms with Crippen LogP contribution in [0.25, 0.3) is 0 Å². The first kappa shape index (κ1) is 22.7. The molecule has 140 valence electrons. The zero-order valence-electron chi connectivity index (χ0n) is 13.3. The summed E-state index contributed by atoms with van der Waals surface area (Å²) in [5.41, 5.74) is -4.38. The van der Waals surface area contributed by atoms with Crippen molar-refractivity contribution in [1.82, 2.24) is 4.67 Å². The molecule has 0 aliphatic rings. The molecular weight excluding hydrogens is 351 g/mol. The van der Waals surface area contributed by atoms with Crippen LogP contribution >= 0.6 is 7.75 Å². The number of nitrogens with zero attached hydrogens (tertiary/aromatic N) is 1. The van der Waals surface area contributed by atoms with Crippen LogP contribution in [0.1, 0.15) is 53.4 Å². The van der Waals surface area contributed by atoms with E-state index >= 15 is 0 Å². The molecule has 0 aromatic carbocycles. The lowest BCUT2D eigenvalue weighted by Crippen LogP contribution is -2.58. The summed E-state index contributed by atoms with van der Waals surface area (Å²) in [6.45, 7) is 4.87. The Balaban J connectivity index is 6.39. The predicted molar refractivity (Wildman–Crippen MR) is 72.6 cm³/mol. The van der Waals surface area contributed by atoms with E-state index in [4.69, 9.17) is 0 Å². The topological polar surface area (TPSA) is 60.8 Å². The fraction of sp³-hybridized carbons (Fsp3) is 1.00. The van der Waals surface area contributed by atoms with E-state index in [1.165, 1.54) is 27.7 Å². The highest BCUT2D eigenvalue weighted by Gasteiger charge is 2.58. The molecule has 0 amide bonds. The molecule has 11 heteroatoms. The minimum Gasteiger partial charge on any atom is -0.312 e. The first-order valence-corrected chi connectivity index (χ1v) is 8.40. The van der Waals surface area contributed by atoms with Gasteiger partial charge < -0.3 is 9.79 Å². The number of halogens is 6. The lowest BCUT2D eigenvalue weighted by molar-refractivity contribution is -0.201. The Bertz CT molecular complexity index is 422. The molecular formula is C12H22F6NO3P. The van der Waals surface area contributed by atoms with Gasteiger partial charge in [-0.15, -0.1) is 0 Å². The molecule has 0 aliphatic heterocycles. The van der Waals surface area contributed by atoms with Crippen molar-refractivity contribution < 1.29 is 40.7 Å². The van der Waals surface area contributed by atoms with Crippen molar-refractivity contribution >= 4 is 7.75 Å². The average molecular weight is 373 g/mol.